The minimum absolute atomic E-state index is 0.549. The topological polar surface area (TPSA) is 15.3 Å². The summed E-state index contributed by atoms with van der Waals surface area (Å²) in [6.45, 7) is 9.84. The van der Waals surface area contributed by atoms with Crippen LogP contribution >= 0.6 is 23.2 Å². The maximum absolute atomic E-state index is 6.36. The lowest BCUT2D eigenvalue weighted by Crippen LogP contribution is -2.57. The molecule has 0 aromatic heterocycles. The van der Waals surface area contributed by atoms with E-state index in [2.05, 4.69) is 37.1 Å². The highest BCUT2D eigenvalue weighted by atomic mass is 35.5. The van der Waals surface area contributed by atoms with Gasteiger partial charge in [0, 0.05) is 31.7 Å². The molecule has 1 N–H and O–H groups in total. The van der Waals surface area contributed by atoms with Gasteiger partial charge in [0.2, 0.25) is 0 Å². The first kappa shape index (κ1) is 17.1. The zero-order valence-corrected chi connectivity index (χ0v) is 14.7. The Labute approximate surface area is 138 Å². The van der Waals surface area contributed by atoms with Crippen LogP contribution in [0.25, 0.3) is 0 Å². The van der Waals surface area contributed by atoms with Crippen molar-refractivity contribution in [2.75, 3.05) is 13.1 Å². The minimum Gasteiger partial charge on any atom is -0.311 e. The van der Waals surface area contributed by atoms with Gasteiger partial charge < -0.3 is 5.32 Å². The number of piperazine rings is 1. The zero-order valence-electron chi connectivity index (χ0n) is 13.2. The average molecular weight is 329 g/mol. The molecule has 2 rings (SSSR count). The van der Waals surface area contributed by atoms with Crippen molar-refractivity contribution in [3.8, 4) is 0 Å². The fourth-order valence-electron chi connectivity index (χ4n) is 3.17. The molecule has 1 heterocycles. The Bertz CT molecular complexity index is 462. The third kappa shape index (κ3) is 4.35. The summed E-state index contributed by atoms with van der Waals surface area (Å²) in [4.78, 5) is 2.57. The predicted molar refractivity (Wildman–Crippen MR) is 92.2 cm³/mol. The maximum Gasteiger partial charge on any atom is 0.0637 e. The summed E-state index contributed by atoms with van der Waals surface area (Å²) >= 11 is 12.5. The molecular formula is C17H26Cl2N2. The predicted octanol–water partition coefficient (Wildman–Crippen LogP) is 4.59. The van der Waals surface area contributed by atoms with Crippen LogP contribution < -0.4 is 5.32 Å². The number of halogens is 2. The molecule has 2 atom stereocenters. The molecule has 2 nitrogen and oxygen atoms in total. The van der Waals surface area contributed by atoms with E-state index in [-0.39, 0.29) is 0 Å². The van der Waals surface area contributed by atoms with Crippen molar-refractivity contribution in [1.29, 1.82) is 0 Å². The highest BCUT2D eigenvalue weighted by Crippen LogP contribution is 2.28. The van der Waals surface area contributed by atoms with E-state index in [9.17, 15) is 0 Å². The molecule has 1 saturated heterocycles. The van der Waals surface area contributed by atoms with Crippen molar-refractivity contribution in [3.63, 3.8) is 0 Å². The number of hydrogen-bond acceptors (Lipinski definition) is 2. The number of rotatable bonds is 5. The molecule has 118 valence electrons. The van der Waals surface area contributed by atoms with Gasteiger partial charge in [0.1, 0.15) is 0 Å². The summed E-state index contributed by atoms with van der Waals surface area (Å²) < 4.78 is 0. The third-order valence-electron chi connectivity index (χ3n) is 4.35. The van der Waals surface area contributed by atoms with E-state index in [1.54, 1.807) is 0 Å². The third-order valence-corrected chi connectivity index (χ3v) is 5.21. The summed E-state index contributed by atoms with van der Waals surface area (Å²) in [6.07, 6.45) is 2.44. The Morgan fingerprint density at radius 3 is 2.76 bits per heavy atom. The van der Waals surface area contributed by atoms with Crippen molar-refractivity contribution in [3.05, 3.63) is 33.8 Å². The van der Waals surface area contributed by atoms with E-state index in [1.165, 1.54) is 12.8 Å². The van der Waals surface area contributed by atoms with Crippen molar-refractivity contribution < 1.29 is 0 Å². The van der Waals surface area contributed by atoms with Crippen LogP contribution in [0.15, 0.2) is 18.2 Å². The lowest BCUT2D eigenvalue weighted by Gasteiger charge is -2.42. The van der Waals surface area contributed by atoms with Crippen LogP contribution in [0.1, 0.15) is 39.2 Å². The maximum atomic E-state index is 6.36. The molecule has 1 aliphatic heterocycles. The van der Waals surface area contributed by atoms with Crippen LogP contribution in [-0.4, -0.2) is 30.1 Å². The Morgan fingerprint density at radius 2 is 2.10 bits per heavy atom. The lowest BCUT2D eigenvalue weighted by atomic mass is 9.96. The molecule has 1 aromatic rings. The van der Waals surface area contributed by atoms with Crippen molar-refractivity contribution in [1.82, 2.24) is 10.2 Å². The minimum atomic E-state index is 0.549. The Hall–Kier alpha value is -0.280. The lowest BCUT2D eigenvalue weighted by molar-refractivity contribution is 0.0885. The van der Waals surface area contributed by atoms with Gasteiger partial charge in [-0.2, -0.15) is 0 Å². The number of hydrogen-bond donors (Lipinski definition) is 1. The molecule has 4 heteroatoms. The van der Waals surface area contributed by atoms with Crippen LogP contribution in [0.5, 0.6) is 0 Å². The van der Waals surface area contributed by atoms with Crippen molar-refractivity contribution in [2.24, 2.45) is 5.92 Å². The fourth-order valence-corrected chi connectivity index (χ4v) is 3.55. The van der Waals surface area contributed by atoms with Crippen LogP contribution in [-0.2, 0) is 6.54 Å². The van der Waals surface area contributed by atoms with Gasteiger partial charge in [0.15, 0.2) is 0 Å². The monoisotopic (exact) mass is 328 g/mol. The van der Waals surface area contributed by atoms with E-state index in [0.717, 1.165) is 25.2 Å². The Kier molecular flexibility index (Phi) is 6.36. The van der Waals surface area contributed by atoms with Gasteiger partial charge in [-0.1, -0.05) is 62.5 Å². The molecule has 1 fully saturated rings. The molecule has 0 amide bonds. The van der Waals surface area contributed by atoms with Gasteiger partial charge in [-0.25, -0.2) is 0 Å². The molecule has 0 aliphatic carbocycles. The molecular weight excluding hydrogens is 303 g/mol. The summed E-state index contributed by atoms with van der Waals surface area (Å²) in [5.74, 6) is 0.623. The molecule has 0 radical (unpaired) electrons. The molecule has 1 aliphatic rings. The second-order valence-corrected chi connectivity index (χ2v) is 7.13. The largest absolute Gasteiger partial charge is 0.311 e. The SMILES string of the molecule is CCCC1CN(Cc2cccc(Cl)c2Cl)C(C(C)C)CN1. The summed E-state index contributed by atoms with van der Waals surface area (Å²) in [5, 5.41) is 5.04. The first-order valence-corrected chi connectivity index (χ1v) is 8.68. The van der Waals surface area contributed by atoms with Crippen molar-refractivity contribution in [2.45, 2.75) is 52.2 Å². The summed E-state index contributed by atoms with van der Waals surface area (Å²) in [6, 6.07) is 7.06. The Balaban J connectivity index is 2.14. The average Bonchev–Trinajstić information content (AvgIpc) is 2.44. The zero-order chi connectivity index (χ0) is 15.4. The summed E-state index contributed by atoms with van der Waals surface area (Å²) in [7, 11) is 0. The molecule has 1 aromatic carbocycles. The molecule has 21 heavy (non-hydrogen) atoms. The van der Waals surface area contributed by atoms with Crippen LogP contribution in [0, 0.1) is 5.92 Å². The number of nitrogens with one attached hydrogen (secondary N) is 1. The van der Waals surface area contributed by atoms with Gasteiger partial charge in [-0.05, 0) is 24.0 Å². The molecule has 0 spiro atoms. The summed E-state index contributed by atoms with van der Waals surface area (Å²) in [5.41, 5.74) is 1.13. The highest BCUT2D eigenvalue weighted by molar-refractivity contribution is 6.42. The second-order valence-electron chi connectivity index (χ2n) is 6.35. The van der Waals surface area contributed by atoms with Crippen LogP contribution in [0.4, 0.5) is 0 Å². The molecule has 0 bridgehead atoms. The second kappa shape index (κ2) is 7.82. The molecule has 2 unspecified atom stereocenters. The van der Waals surface area contributed by atoms with Gasteiger partial charge in [-0.15, -0.1) is 0 Å². The number of nitrogens with zero attached hydrogens (tertiary/aromatic N) is 1. The quantitative estimate of drug-likeness (QED) is 0.850. The number of benzene rings is 1. The van der Waals surface area contributed by atoms with Crippen LogP contribution in [0.3, 0.4) is 0 Å². The first-order chi connectivity index (χ1) is 10.0. The van der Waals surface area contributed by atoms with Gasteiger partial charge >= 0.3 is 0 Å². The fraction of sp³-hybridized carbons (Fsp3) is 0.647. The standard InChI is InChI=1S/C17H26Cl2N2/c1-4-6-14-11-21(16(9-20-14)12(2)3)10-13-7-5-8-15(18)17(13)19/h5,7-8,12,14,16,20H,4,6,9-11H2,1-3H3. The smallest absolute Gasteiger partial charge is 0.0637 e. The van der Waals surface area contributed by atoms with Gasteiger partial charge in [-0.3, -0.25) is 4.90 Å². The van der Waals surface area contributed by atoms with E-state index < -0.39 is 0 Å². The van der Waals surface area contributed by atoms with Crippen LogP contribution in [0.2, 0.25) is 10.0 Å². The normalized spacial score (nSPS) is 23.7. The highest BCUT2D eigenvalue weighted by Gasteiger charge is 2.29. The van der Waals surface area contributed by atoms with Gasteiger partial charge in [0.25, 0.3) is 0 Å². The van der Waals surface area contributed by atoms with Gasteiger partial charge in [0.05, 0.1) is 10.0 Å². The Morgan fingerprint density at radius 1 is 1.33 bits per heavy atom. The molecule has 0 saturated carbocycles. The van der Waals surface area contributed by atoms with E-state index in [1.807, 2.05) is 12.1 Å². The van der Waals surface area contributed by atoms with Crippen molar-refractivity contribution >= 4 is 23.2 Å². The first-order valence-electron chi connectivity index (χ1n) is 7.93. The van der Waals surface area contributed by atoms with E-state index >= 15 is 0 Å². The van der Waals surface area contributed by atoms with E-state index in [0.29, 0.717) is 28.0 Å². The van der Waals surface area contributed by atoms with E-state index in [4.69, 9.17) is 23.2 Å².